The van der Waals surface area contributed by atoms with Gasteiger partial charge in [0.15, 0.2) is 0 Å². The van der Waals surface area contributed by atoms with E-state index in [0.717, 1.165) is 77.2 Å². The topological polar surface area (TPSA) is 50.3 Å². The second-order valence-corrected chi connectivity index (χ2v) is 11.2. The van der Waals surface area contributed by atoms with Crippen molar-refractivity contribution >= 4 is 23.7 Å². The molecule has 7 heteroatoms. The fourth-order valence-electron chi connectivity index (χ4n) is 6.57. The predicted molar refractivity (Wildman–Crippen MR) is 153 cm³/mol. The lowest BCUT2D eigenvalue weighted by molar-refractivity contribution is -0.153. The number of hydrogen-bond donors (Lipinski definition) is 0. The second kappa shape index (κ2) is 11.9. The summed E-state index contributed by atoms with van der Waals surface area (Å²) in [6.45, 7) is 9.33. The van der Waals surface area contributed by atoms with Gasteiger partial charge in [0.1, 0.15) is 5.54 Å². The highest BCUT2D eigenvalue weighted by atomic mass is 16.2. The predicted octanol–water partition coefficient (Wildman–Crippen LogP) is 3.84. The van der Waals surface area contributed by atoms with Gasteiger partial charge in [-0.1, -0.05) is 37.3 Å². The summed E-state index contributed by atoms with van der Waals surface area (Å²) in [5.41, 5.74) is 3.16. The van der Waals surface area contributed by atoms with Crippen LogP contribution in [0.3, 0.4) is 0 Å². The highest BCUT2D eigenvalue weighted by Gasteiger charge is 2.48. The van der Waals surface area contributed by atoms with E-state index in [1.54, 1.807) is 0 Å². The number of carbonyl (C=O) groups is 2. The molecule has 0 aromatic heterocycles. The summed E-state index contributed by atoms with van der Waals surface area (Å²) in [4.78, 5) is 37.4. The van der Waals surface area contributed by atoms with Crippen molar-refractivity contribution in [2.75, 3.05) is 62.7 Å². The minimum Gasteiger partial charge on any atom is -0.372 e. The van der Waals surface area contributed by atoms with Crippen LogP contribution in [0.25, 0.3) is 0 Å². The standard InChI is InChI=1S/C31H43N5O2/c1-3-32(2)31(30(38)36(25-37)29-15-20-35(24-29)27-9-5-4-6-10-27)16-21-33(22-17-31)23-26-11-13-28(14-12-26)34-18-7-8-19-34/h4-6,9-14,25,29H,3,7-8,15-24H2,1-2H3. The van der Waals surface area contributed by atoms with E-state index in [9.17, 15) is 9.59 Å². The number of likely N-dealkylation sites (tertiary alicyclic amines) is 1. The molecule has 2 aromatic rings. The normalized spacial score (nSPS) is 21.7. The largest absolute Gasteiger partial charge is 0.372 e. The Kier molecular flexibility index (Phi) is 8.34. The molecule has 1 unspecified atom stereocenters. The molecule has 3 saturated heterocycles. The first-order chi connectivity index (χ1) is 18.5. The van der Waals surface area contributed by atoms with Crippen LogP contribution in [-0.4, -0.2) is 91.5 Å². The maximum absolute atomic E-state index is 14.1. The van der Waals surface area contributed by atoms with E-state index in [0.29, 0.717) is 6.54 Å². The number of anilines is 2. The summed E-state index contributed by atoms with van der Waals surface area (Å²) >= 11 is 0. The van der Waals surface area contributed by atoms with Gasteiger partial charge in [-0.05, 0) is 75.5 Å². The zero-order valence-electron chi connectivity index (χ0n) is 23.1. The average molecular weight is 518 g/mol. The first kappa shape index (κ1) is 26.7. The molecule has 0 spiro atoms. The highest BCUT2D eigenvalue weighted by molar-refractivity contribution is 5.94. The van der Waals surface area contributed by atoms with Gasteiger partial charge in [-0.2, -0.15) is 0 Å². The highest BCUT2D eigenvalue weighted by Crippen LogP contribution is 2.33. The number of piperidine rings is 1. The molecule has 3 aliphatic rings. The van der Waals surface area contributed by atoms with Gasteiger partial charge in [0, 0.05) is 57.2 Å². The molecule has 204 valence electrons. The monoisotopic (exact) mass is 517 g/mol. The number of benzene rings is 2. The second-order valence-electron chi connectivity index (χ2n) is 11.2. The molecule has 0 saturated carbocycles. The van der Waals surface area contributed by atoms with Gasteiger partial charge in [0.25, 0.3) is 0 Å². The van der Waals surface area contributed by atoms with Crippen molar-refractivity contribution in [3.8, 4) is 0 Å². The van der Waals surface area contributed by atoms with Crippen LogP contribution < -0.4 is 9.80 Å². The molecule has 3 fully saturated rings. The lowest BCUT2D eigenvalue weighted by Crippen LogP contribution is -2.64. The molecular formula is C31H43N5O2. The molecule has 0 aliphatic carbocycles. The minimum atomic E-state index is -0.633. The Morgan fingerprint density at radius 3 is 2.21 bits per heavy atom. The van der Waals surface area contributed by atoms with E-state index < -0.39 is 5.54 Å². The fourth-order valence-corrected chi connectivity index (χ4v) is 6.57. The first-order valence-electron chi connectivity index (χ1n) is 14.4. The van der Waals surface area contributed by atoms with Crippen molar-refractivity contribution in [3.63, 3.8) is 0 Å². The van der Waals surface area contributed by atoms with Gasteiger partial charge in [-0.3, -0.25) is 24.3 Å². The maximum Gasteiger partial charge on any atom is 0.249 e. The SMILES string of the molecule is CCN(C)C1(C(=O)N(C=O)C2CCN(c3ccccc3)C2)CCN(Cc2ccc(N3CCCC3)cc2)CC1. The van der Waals surface area contributed by atoms with Crippen LogP contribution in [0.15, 0.2) is 54.6 Å². The van der Waals surface area contributed by atoms with Crippen LogP contribution in [0.1, 0.15) is 44.6 Å². The summed E-state index contributed by atoms with van der Waals surface area (Å²) in [7, 11) is 2.04. The first-order valence-corrected chi connectivity index (χ1v) is 14.4. The molecule has 2 amide bonds. The third-order valence-corrected chi connectivity index (χ3v) is 9.13. The zero-order chi connectivity index (χ0) is 26.5. The number of rotatable bonds is 9. The Labute approximate surface area is 228 Å². The molecule has 3 aliphatic heterocycles. The summed E-state index contributed by atoms with van der Waals surface area (Å²) < 4.78 is 0. The smallest absolute Gasteiger partial charge is 0.249 e. The average Bonchev–Trinajstić information content (AvgIpc) is 3.68. The van der Waals surface area contributed by atoms with Crippen LogP contribution in [0.5, 0.6) is 0 Å². The Morgan fingerprint density at radius 1 is 0.921 bits per heavy atom. The Balaban J connectivity index is 1.23. The zero-order valence-corrected chi connectivity index (χ0v) is 23.1. The summed E-state index contributed by atoms with van der Waals surface area (Å²) in [6.07, 6.45) is 5.65. The third-order valence-electron chi connectivity index (χ3n) is 9.13. The molecule has 38 heavy (non-hydrogen) atoms. The minimum absolute atomic E-state index is 0.0219. The molecule has 1 atom stereocenters. The number of imide groups is 1. The molecular weight excluding hydrogens is 474 g/mol. The van der Waals surface area contributed by atoms with Gasteiger partial charge in [-0.15, -0.1) is 0 Å². The van der Waals surface area contributed by atoms with Crippen molar-refractivity contribution in [2.24, 2.45) is 0 Å². The van der Waals surface area contributed by atoms with Crippen molar-refractivity contribution in [3.05, 3.63) is 60.2 Å². The van der Waals surface area contributed by atoms with Crippen LogP contribution in [0.2, 0.25) is 0 Å². The van der Waals surface area contributed by atoms with Crippen molar-refractivity contribution in [1.29, 1.82) is 0 Å². The van der Waals surface area contributed by atoms with Crippen molar-refractivity contribution in [2.45, 2.75) is 57.2 Å². The molecule has 3 heterocycles. The van der Waals surface area contributed by atoms with E-state index in [4.69, 9.17) is 0 Å². The van der Waals surface area contributed by atoms with E-state index >= 15 is 0 Å². The Morgan fingerprint density at radius 2 is 1.58 bits per heavy atom. The number of likely N-dealkylation sites (N-methyl/N-ethyl adjacent to an activating group) is 1. The van der Waals surface area contributed by atoms with E-state index in [2.05, 4.69) is 62.9 Å². The number of hydrogen-bond acceptors (Lipinski definition) is 6. The Bertz CT molecular complexity index is 1060. The van der Waals surface area contributed by atoms with Crippen molar-refractivity contribution < 1.29 is 9.59 Å². The van der Waals surface area contributed by atoms with E-state index in [1.165, 1.54) is 29.0 Å². The molecule has 5 rings (SSSR count). The van der Waals surface area contributed by atoms with Crippen molar-refractivity contribution in [1.82, 2.24) is 14.7 Å². The molecule has 2 aromatic carbocycles. The van der Waals surface area contributed by atoms with Gasteiger partial charge in [0.2, 0.25) is 12.3 Å². The van der Waals surface area contributed by atoms with Gasteiger partial charge in [0.05, 0.1) is 6.04 Å². The van der Waals surface area contributed by atoms with Gasteiger partial charge >= 0.3 is 0 Å². The summed E-state index contributed by atoms with van der Waals surface area (Å²) in [6, 6.07) is 19.2. The third kappa shape index (κ3) is 5.45. The molecule has 0 radical (unpaired) electrons. The molecule has 0 N–H and O–H groups in total. The van der Waals surface area contributed by atoms with Gasteiger partial charge in [-0.25, -0.2) is 0 Å². The fraction of sp³-hybridized carbons (Fsp3) is 0.548. The van der Waals surface area contributed by atoms with Crippen LogP contribution >= 0.6 is 0 Å². The number of nitrogens with zero attached hydrogens (tertiary/aromatic N) is 5. The number of para-hydroxylation sites is 1. The van der Waals surface area contributed by atoms with Crippen LogP contribution in [0.4, 0.5) is 11.4 Å². The van der Waals surface area contributed by atoms with Crippen LogP contribution in [-0.2, 0) is 16.1 Å². The molecule has 7 nitrogen and oxygen atoms in total. The number of carbonyl (C=O) groups excluding carboxylic acids is 2. The molecule has 0 bridgehead atoms. The van der Waals surface area contributed by atoms with E-state index in [-0.39, 0.29) is 11.9 Å². The summed E-state index contributed by atoms with van der Waals surface area (Å²) in [5.74, 6) is -0.0219. The lowest BCUT2D eigenvalue weighted by Gasteiger charge is -2.47. The number of amides is 2. The maximum atomic E-state index is 14.1. The lowest BCUT2D eigenvalue weighted by atomic mass is 9.83. The summed E-state index contributed by atoms with van der Waals surface area (Å²) in [5, 5.41) is 0. The van der Waals surface area contributed by atoms with E-state index in [1.807, 2.05) is 25.2 Å². The quantitative estimate of drug-likeness (QED) is 0.471. The Hall–Kier alpha value is -2.90. The van der Waals surface area contributed by atoms with Gasteiger partial charge < -0.3 is 9.80 Å². The van der Waals surface area contributed by atoms with Crippen LogP contribution in [0, 0.1) is 0 Å².